The molecule has 192 valence electrons. The van der Waals surface area contributed by atoms with Gasteiger partial charge in [-0.15, -0.1) is 0 Å². The molecule has 4 rings (SSSR count). The van der Waals surface area contributed by atoms with Crippen LogP contribution in [0.2, 0.25) is 0 Å². The standard InChI is InChI=1S/C30H33F3O3/c1-3-5-15-35-26-13-14-27(29(33)28(26)32)36-30(34)24-12-11-23(18-25(24)31)22-10-9-20-16-19(6-4-2)7-8-21(20)17-22/h3-6,11-14,18-22H,7-10,15-17H2,1-2H3/b5-3+,6-4+. The van der Waals surface area contributed by atoms with Crippen LogP contribution in [-0.2, 0) is 0 Å². The summed E-state index contributed by atoms with van der Waals surface area (Å²) in [5.74, 6) is -3.03. The maximum absolute atomic E-state index is 14.9. The lowest BCUT2D eigenvalue weighted by molar-refractivity contribution is 0.0721. The Bertz CT molecular complexity index is 1140. The maximum atomic E-state index is 14.9. The van der Waals surface area contributed by atoms with Crippen molar-refractivity contribution >= 4 is 5.97 Å². The third-order valence-electron chi connectivity index (χ3n) is 7.59. The summed E-state index contributed by atoms with van der Waals surface area (Å²) in [5.41, 5.74) is 0.561. The van der Waals surface area contributed by atoms with Gasteiger partial charge < -0.3 is 9.47 Å². The van der Waals surface area contributed by atoms with E-state index in [2.05, 4.69) is 19.1 Å². The van der Waals surface area contributed by atoms with Crippen LogP contribution in [0.15, 0.2) is 54.6 Å². The van der Waals surface area contributed by atoms with Crippen LogP contribution in [0.25, 0.3) is 0 Å². The highest BCUT2D eigenvalue weighted by Gasteiger charge is 2.35. The predicted molar refractivity (Wildman–Crippen MR) is 134 cm³/mol. The van der Waals surface area contributed by atoms with Crippen molar-refractivity contribution in [2.75, 3.05) is 6.61 Å². The molecule has 2 saturated carbocycles. The first kappa shape index (κ1) is 26.1. The first-order valence-corrected chi connectivity index (χ1v) is 12.8. The summed E-state index contributed by atoms with van der Waals surface area (Å²) >= 11 is 0. The second-order valence-electron chi connectivity index (χ2n) is 9.83. The van der Waals surface area contributed by atoms with Crippen LogP contribution in [0.4, 0.5) is 13.2 Å². The third-order valence-corrected chi connectivity index (χ3v) is 7.59. The van der Waals surface area contributed by atoms with E-state index in [1.807, 2.05) is 0 Å². The largest absolute Gasteiger partial charge is 0.486 e. The molecule has 2 aromatic carbocycles. The van der Waals surface area contributed by atoms with Crippen LogP contribution in [-0.4, -0.2) is 12.6 Å². The zero-order valence-electron chi connectivity index (χ0n) is 20.8. The van der Waals surface area contributed by atoms with Crippen molar-refractivity contribution in [2.24, 2.45) is 17.8 Å². The highest BCUT2D eigenvalue weighted by Crippen LogP contribution is 2.48. The molecule has 4 unspecified atom stereocenters. The van der Waals surface area contributed by atoms with Crippen molar-refractivity contribution in [1.29, 1.82) is 0 Å². The van der Waals surface area contributed by atoms with Crippen LogP contribution in [0, 0.1) is 35.2 Å². The van der Waals surface area contributed by atoms with Crippen LogP contribution in [0.5, 0.6) is 11.5 Å². The lowest BCUT2D eigenvalue weighted by Gasteiger charge is -2.41. The number of allylic oxidation sites excluding steroid dienone is 3. The Kier molecular flexibility index (Phi) is 8.55. The van der Waals surface area contributed by atoms with E-state index in [0.29, 0.717) is 11.8 Å². The molecule has 6 heteroatoms. The van der Waals surface area contributed by atoms with Gasteiger partial charge in [-0.2, -0.15) is 8.78 Å². The third kappa shape index (κ3) is 5.85. The summed E-state index contributed by atoms with van der Waals surface area (Å²) in [6.45, 7) is 3.92. The minimum absolute atomic E-state index is 0.0721. The van der Waals surface area contributed by atoms with Crippen LogP contribution >= 0.6 is 0 Å². The highest BCUT2D eigenvalue weighted by atomic mass is 19.2. The molecule has 4 atom stereocenters. The molecule has 0 bridgehead atoms. The molecule has 3 nitrogen and oxygen atoms in total. The van der Waals surface area contributed by atoms with E-state index >= 15 is 0 Å². The molecular formula is C30H33F3O3. The first-order valence-electron chi connectivity index (χ1n) is 12.8. The Morgan fingerprint density at radius 2 is 1.64 bits per heavy atom. The van der Waals surface area contributed by atoms with Gasteiger partial charge in [-0.3, -0.25) is 0 Å². The van der Waals surface area contributed by atoms with Crippen LogP contribution < -0.4 is 9.47 Å². The van der Waals surface area contributed by atoms with E-state index in [-0.39, 0.29) is 23.8 Å². The van der Waals surface area contributed by atoms with Crippen molar-refractivity contribution in [1.82, 2.24) is 0 Å². The van der Waals surface area contributed by atoms with E-state index < -0.39 is 29.2 Å². The fraction of sp³-hybridized carbons (Fsp3) is 0.433. The molecule has 0 saturated heterocycles. The second kappa shape index (κ2) is 11.8. The monoisotopic (exact) mass is 498 g/mol. The second-order valence-corrected chi connectivity index (χ2v) is 9.83. The number of ether oxygens (including phenoxy) is 2. The molecular weight excluding hydrogens is 465 g/mol. The van der Waals surface area contributed by atoms with Crippen molar-refractivity contribution in [3.63, 3.8) is 0 Å². The van der Waals surface area contributed by atoms with E-state index in [1.54, 1.807) is 25.1 Å². The first-order chi connectivity index (χ1) is 17.4. The average Bonchev–Trinajstić information content (AvgIpc) is 2.88. The average molecular weight is 499 g/mol. The van der Waals surface area contributed by atoms with Gasteiger partial charge in [0.2, 0.25) is 11.6 Å². The van der Waals surface area contributed by atoms with Crippen molar-refractivity contribution in [2.45, 2.75) is 58.3 Å². The zero-order chi connectivity index (χ0) is 25.7. The molecule has 2 aliphatic carbocycles. The smallest absolute Gasteiger partial charge is 0.346 e. The topological polar surface area (TPSA) is 35.5 Å². The summed E-state index contributed by atoms with van der Waals surface area (Å²) in [7, 11) is 0. The van der Waals surface area contributed by atoms with Crippen molar-refractivity contribution in [3.05, 3.63) is 83.2 Å². The molecule has 0 radical (unpaired) electrons. The van der Waals surface area contributed by atoms with E-state index in [1.165, 1.54) is 37.5 Å². The number of fused-ring (bicyclic) bond motifs is 1. The lowest BCUT2D eigenvalue weighted by Crippen LogP contribution is -2.30. The molecule has 0 aliphatic heterocycles. The van der Waals surface area contributed by atoms with Crippen LogP contribution in [0.1, 0.15) is 74.2 Å². The number of hydrogen-bond donors (Lipinski definition) is 0. The minimum atomic E-state index is -1.36. The van der Waals surface area contributed by atoms with E-state index in [9.17, 15) is 18.0 Å². The Morgan fingerprint density at radius 1 is 0.917 bits per heavy atom. The van der Waals surface area contributed by atoms with Gasteiger partial charge >= 0.3 is 5.97 Å². The van der Waals surface area contributed by atoms with Gasteiger partial charge in [0.25, 0.3) is 0 Å². The SMILES string of the molecule is C/C=C/COc1ccc(OC(=O)c2ccc(C3CCC4CC(/C=C/C)CCC4C3)cc2F)c(F)c1F. The summed E-state index contributed by atoms with van der Waals surface area (Å²) in [6, 6.07) is 6.79. The summed E-state index contributed by atoms with van der Waals surface area (Å²) in [6.07, 6.45) is 14.6. The zero-order valence-corrected chi connectivity index (χ0v) is 20.8. The summed E-state index contributed by atoms with van der Waals surface area (Å²) in [4.78, 5) is 12.6. The molecule has 2 aliphatic rings. The molecule has 0 aromatic heterocycles. The van der Waals surface area contributed by atoms with Gasteiger partial charge in [-0.05, 0) is 106 Å². The van der Waals surface area contributed by atoms with Gasteiger partial charge in [0.05, 0.1) is 5.56 Å². The number of benzene rings is 2. The predicted octanol–water partition coefficient (Wildman–Crippen LogP) is 8.15. The van der Waals surface area contributed by atoms with Gasteiger partial charge in [-0.25, -0.2) is 9.18 Å². The van der Waals surface area contributed by atoms with Crippen molar-refractivity contribution in [3.8, 4) is 11.5 Å². The van der Waals surface area contributed by atoms with Crippen LogP contribution in [0.3, 0.4) is 0 Å². The molecule has 2 aromatic rings. The Hall–Kier alpha value is -3.02. The molecule has 0 N–H and O–H groups in total. The number of carbonyl (C=O) groups is 1. The van der Waals surface area contributed by atoms with E-state index in [0.717, 1.165) is 36.8 Å². The van der Waals surface area contributed by atoms with Gasteiger partial charge in [-0.1, -0.05) is 30.4 Å². The van der Waals surface area contributed by atoms with Gasteiger partial charge in [0, 0.05) is 0 Å². The highest BCUT2D eigenvalue weighted by molar-refractivity contribution is 5.91. The number of carbonyl (C=O) groups excluding carboxylic acids is 1. The molecule has 0 heterocycles. The fourth-order valence-corrected chi connectivity index (χ4v) is 5.72. The van der Waals surface area contributed by atoms with Crippen molar-refractivity contribution < 1.29 is 27.4 Å². The molecule has 0 amide bonds. The van der Waals surface area contributed by atoms with E-state index in [4.69, 9.17) is 9.47 Å². The number of esters is 1. The molecule has 36 heavy (non-hydrogen) atoms. The Labute approximate surface area is 211 Å². The quantitative estimate of drug-likeness (QED) is 0.219. The Morgan fingerprint density at radius 3 is 2.39 bits per heavy atom. The van der Waals surface area contributed by atoms with Gasteiger partial charge in [0.15, 0.2) is 11.5 Å². The number of hydrogen-bond acceptors (Lipinski definition) is 3. The summed E-state index contributed by atoms with van der Waals surface area (Å²) in [5, 5.41) is 0. The Balaban J connectivity index is 1.41. The molecule has 2 fully saturated rings. The number of rotatable bonds is 7. The number of halogens is 3. The molecule has 0 spiro atoms. The minimum Gasteiger partial charge on any atom is -0.486 e. The normalized spacial score (nSPS) is 24.1. The van der Waals surface area contributed by atoms with Gasteiger partial charge in [0.1, 0.15) is 12.4 Å². The fourth-order valence-electron chi connectivity index (χ4n) is 5.72. The maximum Gasteiger partial charge on any atom is 0.346 e. The lowest BCUT2D eigenvalue weighted by atomic mass is 9.64. The summed E-state index contributed by atoms with van der Waals surface area (Å²) < 4.78 is 53.7.